The summed E-state index contributed by atoms with van der Waals surface area (Å²) < 4.78 is 5.20. The Morgan fingerprint density at radius 1 is 1.25 bits per heavy atom. The third-order valence-electron chi connectivity index (χ3n) is 3.76. The lowest BCUT2D eigenvalue weighted by atomic mass is 9.74. The number of aliphatic hydroxyl groups is 1. The van der Waals surface area contributed by atoms with Crippen LogP contribution in [0.5, 0.6) is 5.75 Å². The predicted molar refractivity (Wildman–Crippen MR) is 85.2 cm³/mol. The van der Waals surface area contributed by atoms with Crippen molar-refractivity contribution in [2.24, 2.45) is 0 Å². The van der Waals surface area contributed by atoms with E-state index >= 15 is 0 Å². The molecule has 110 valence electrons. The van der Waals surface area contributed by atoms with Crippen molar-refractivity contribution in [2.75, 3.05) is 13.7 Å². The number of aliphatic hydroxyl groups excluding tert-OH is 1. The van der Waals surface area contributed by atoms with Gasteiger partial charge >= 0.3 is 0 Å². The molecular formula is C18H26O2. The van der Waals surface area contributed by atoms with Gasteiger partial charge < -0.3 is 9.84 Å². The number of hydrogen-bond acceptors (Lipinski definition) is 2. The lowest BCUT2D eigenvalue weighted by molar-refractivity contribution is 0.251. The summed E-state index contributed by atoms with van der Waals surface area (Å²) in [6.07, 6.45) is 6.84. The number of allylic oxidation sites excluding steroid dienone is 3. The maximum Gasteiger partial charge on any atom is 0.118 e. The summed E-state index contributed by atoms with van der Waals surface area (Å²) in [5, 5.41) is 9.42. The van der Waals surface area contributed by atoms with Gasteiger partial charge in [-0.3, -0.25) is 0 Å². The van der Waals surface area contributed by atoms with Crippen LogP contribution in [0.25, 0.3) is 0 Å². The van der Waals surface area contributed by atoms with Crippen LogP contribution in [0, 0.1) is 0 Å². The summed E-state index contributed by atoms with van der Waals surface area (Å²) in [4.78, 5) is 0. The van der Waals surface area contributed by atoms with Crippen molar-refractivity contribution in [2.45, 2.75) is 38.5 Å². The molecule has 0 saturated heterocycles. The quantitative estimate of drug-likeness (QED) is 0.718. The molecule has 0 spiro atoms. The van der Waals surface area contributed by atoms with Crippen LogP contribution in [0.4, 0.5) is 0 Å². The normalized spacial score (nSPS) is 13.4. The molecular weight excluding hydrogens is 248 g/mol. The smallest absolute Gasteiger partial charge is 0.118 e. The van der Waals surface area contributed by atoms with Gasteiger partial charge in [-0.1, -0.05) is 29.9 Å². The number of ether oxygens (including phenoxy) is 1. The van der Waals surface area contributed by atoms with Crippen LogP contribution in [0.2, 0.25) is 0 Å². The first-order valence-corrected chi connectivity index (χ1v) is 7.10. The molecule has 1 aromatic carbocycles. The van der Waals surface area contributed by atoms with Crippen molar-refractivity contribution in [1.82, 2.24) is 0 Å². The summed E-state index contributed by atoms with van der Waals surface area (Å²) in [7, 11) is 1.66. The Kier molecular flexibility index (Phi) is 6.53. The van der Waals surface area contributed by atoms with Gasteiger partial charge in [0.05, 0.1) is 7.11 Å². The molecule has 0 fully saturated rings. The second-order valence-corrected chi connectivity index (χ2v) is 5.38. The average Bonchev–Trinajstić information content (AvgIpc) is 2.46. The van der Waals surface area contributed by atoms with E-state index in [4.69, 9.17) is 4.74 Å². The number of rotatable bonds is 8. The third-order valence-corrected chi connectivity index (χ3v) is 3.76. The van der Waals surface area contributed by atoms with E-state index in [1.165, 1.54) is 11.1 Å². The molecule has 0 aliphatic carbocycles. The molecule has 2 heteroatoms. The minimum absolute atomic E-state index is 0.160. The first kappa shape index (κ1) is 16.5. The van der Waals surface area contributed by atoms with Gasteiger partial charge in [-0.15, -0.1) is 6.58 Å². The fourth-order valence-electron chi connectivity index (χ4n) is 2.48. The number of benzene rings is 1. The minimum Gasteiger partial charge on any atom is -0.497 e. The number of hydrogen-bond donors (Lipinski definition) is 1. The third kappa shape index (κ3) is 4.24. The molecule has 0 radical (unpaired) electrons. The number of methoxy groups -OCH3 is 1. The summed E-state index contributed by atoms with van der Waals surface area (Å²) in [6, 6.07) is 8.06. The van der Waals surface area contributed by atoms with Crippen molar-refractivity contribution in [3.05, 3.63) is 54.1 Å². The van der Waals surface area contributed by atoms with Crippen LogP contribution in [-0.4, -0.2) is 18.8 Å². The van der Waals surface area contributed by atoms with E-state index in [1.54, 1.807) is 7.11 Å². The SMILES string of the molecule is C=CC(CCO)(CCC=C(C)C)c1ccc(OC)cc1. The summed E-state index contributed by atoms with van der Waals surface area (Å²) in [5.41, 5.74) is 2.33. The van der Waals surface area contributed by atoms with Gasteiger partial charge in [-0.25, -0.2) is 0 Å². The van der Waals surface area contributed by atoms with Gasteiger partial charge in [-0.05, 0) is 50.8 Å². The highest BCUT2D eigenvalue weighted by Crippen LogP contribution is 2.35. The molecule has 20 heavy (non-hydrogen) atoms. The molecule has 1 unspecified atom stereocenters. The van der Waals surface area contributed by atoms with Crippen molar-refractivity contribution < 1.29 is 9.84 Å². The van der Waals surface area contributed by atoms with Crippen LogP contribution < -0.4 is 4.74 Å². The first-order chi connectivity index (χ1) is 9.57. The van der Waals surface area contributed by atoms with Crippen molar-refractivity contribution in [1.29, 1.82) is 0 Å². The Morgan fingerprint density at radius 3 is 2.35 bits per heavy atom. The maximum atomic E-state index is 9.42. The Hall–Kier alpha value is -1.54. The fraction of sp³-hybridized carbons (Fsp3) is 0.444. The van der Waals surface area contributed by atoms with Crippen LogP contribution >= 0.6 is 0 Å². The standard InChI is InChI=1S/C18H26O2/c1-5-18(13-14-19,12-6-7-15(2)3)16-8-10-17(20-4)11-9-16/h5,7-11,19H,1,6,12-14H2,2-4H3. The molecule has 1 atom stereocenters. The van der Waals surface area contributed by atoms with Gasteiger partial charge in [0.1, 0.15) is 5.75 Å². The average molecular weight is 274 g/mol. The van der Waals surface area contributed by atoms with E-state index < -0.39 is 0 Å². The van der Waals surface area contributed by atoms with E-state index in [-0.39, 0.29) is 12.0 Å². The molecule has 0 amide bonds. The summed E-state index contributed by atoms with van der Waals surface area (Å²) in [6.45, 7) is 8.38. The van der Waals surface area contributed by atoms with Crippen molar-refractivity contribution in [3.8, 4) is 5.75 Å². The molecule has 0 aromatic heterocycles. The predicted octanol–water partition coefficient (Wildman–Crippen LogP) is 4.25. The van der Waals surface area contributed by atoms with Gasteiger partial charge in [0.2, 0.25) is 0 Å². The Labute approximate surface area is 122 Å². The Balaban J connectivity index is 3.01. The van der Waals surface area contributed by atoms with E-state index in [2.05, 4.69) is 38.6 Å². The zero-order valence-corrected chi connectivity index (χ0v) is 12.9. The second-order valence-electron chi connectivity index (χ2n) is 5.38. The van der Waals surface area contributed by atoms with Crippen LogP contribution in [0.15, 0.2) is 48.6 Å². The monoisotopic (exact) mass is 274 g/mol. The Morgan fingerprint density at radius 2 is 1.90 bits per heavy atom. The molecule has 1 aromatic rings. The second kappa shape index (κ2) is 7.91. The lowest BCUT2D eigenvalue weighted by Gasteiger charge is -2.30. The Bertz CT molecular complexity index is 441. The fourth-order valence-corrected chi connectivity index (χ4v) is 2.48. The highest BCUT2D eigenvalue weighted by Gasteiger charge is 2.27. The van der Waals surface area contributed by atoms with E-state index in [0.717, 1.165) is 18.6 Å². The van der Waals surface area contributed by atoms with Crippen LogP contribution in [0.1, 0.15) is 38.7 Å². The first-order valence-electron chi connectivity index (χ1n) is 7.10. The molecule has 0 heterocycles. The van der Waals surface area contributed by atoms with Crippen molar-refractivity contribution >= 4 is 0 Å². The van der Waals surface area contributed by atoms with E-state index in [0.29, 0.717) is 6.42 Å². The van der Waals surface area contributed by atoms with E-state index in [9.17, 15) is 5.11 Å². The molecule has 0 saturated carbocycles. The van der Waals surface area contributed by atoms with Gasteiger partial charge in [0.15, 0.2) is 0 Å². The van der Waals surface area contributed by atoms with E-state index in [1.807, 2.05) is 18.2 Å². The summed E-state index contributed by atoms with van der Waals surface area (Å²) in [5.74, 6) is 0.847. The molecule has 1 N–H and O–H groups in total. The molecule has 2 nitrogen and oxygen atoms in total. The molecule has 0 aliphatic heterocycles. The van der Waals surface area contributed by atoms with Crippen LogP contribution in [-0.2, 0) is 5.41 Å². The van der Waals surface area contributed by atoms with Crippen molar-refractivity contribution in [3.63, 3.8) is 0 Å². The largest absolute Gasteiger partial charge is 0.497 e. The van der Waals surface area contributed by atoms with Gasteiger partial charge in [-0.2, -0.15) is 0 Å². The molecule has 1 rings (SSSR count). The minimum atomic E-state index is -0.174. The van der Waals surface area contributed by atoms with Gasteiger partial charge in [0, 0.05) is 12.0 Å². The van der Waals surface area contributed by atoms with Crippen LogP contribution in [0.3, 0.4) is 0 Å². The maximum absolute atomic E-state index is 9.42. The zero-order valence-electron chi connectivity index (χ0n) is 12.9. The summed E-state index contributed by atoms with van der Waals surface area (Å²) >= 11 is 0. The zero-order chi connectivity index (χ0) is 15.0. The lowest BCUT2D eigenvalue weighted by Crippen LogP contribution is -2.24. The highest BCUT2D eigenvalue weighted by atomic mass is 16.5. The highest BCUT2D eigenvalue weighted by molar-refractivity contribution is 5.35. The van der Waals surface area contributed by atoms with Gasteiger partial charge in [0.25, 0.3) is 0 Å². The molecule has 0 aliphatic rings. The molecule has 0 bridgehead atoms. The topological polar surface area (TPSA) is 29.5 Å².